The molecule has 0 aliphatic carbocycles. The molecule has 4 aromatic heterocycles. The maximum atomic E-state index is 4.52. The Balaban J connectivity index is 1.97. The Kier molecular flexibility index (Phi) is 3.41. The molecule has 4 heterocycles. The highest BCUT2D eigenvalue weighted by atomic mass is 15.6. The minimum atomic E-state index is -0.205. The van der Waals surface area contributed by atoms with Gasteiger partial charge in [0.05, 0.1) is 18.1 Å². The Morgan fingerprint density at radius 2 is 1.45 bits per heavy atom. The standard InChI is InChI=1S/C23H23N8/c1-23(2,3)18(19-14-10-6-8-12-16(14)21-28(4)24-26-30(19)21)20-15-11-7-9-13-17(15)22-29(5)25-27-31(20)22/h6-13H,1-5H3/q+1. The number of tetrazole rings is 2. The van der Waals surface area contributed by atoms with Crippen LogP contribution < -0.4 is 10.0 Å². The maximum absolute atomic E-state index is 4.52. The van der Waals surface area contributed by atoms with Gasteiger partial charge >= 0.3 is 0 Å². The lowest BCUT2D eigenvalue weighted by Crippen LogP contribution is -2.30. The van der Waals surface area contributed by atoms with E-state index in [0.717, 1.165) is 49.5 Å². The summed E-state index contributed by atoms with van der Waals surface area (Å²) in [6.07, 6.45) is 0. The van der Waals surface area contributed by atoms with Crippen LogP contribution in [0, 0.1) is 5.41 Å². The Hall–Kier alpha value is -3.81. The molecule has 8 nitrogen and oxygen atoms in total. The number of fused-ring (bicyclic) bond motifs is 6. The van der Waals surface area contributed by atoms with Crippen molar-refractivity contribution in [2.75, 3.05) is 0 Å². The van der Waals surface area contributed by atoms with Gasteiger partial charge in [-0.3, -0.25) is 0 Å². The van der Waals surface area contributed by atoms with Crippen molar-refractivity contribution in [1.82, 2.24) is 34.6 Å². The normalized spacial score (nSPS) is 13.8. The second-order valence-corrected chi connectivity index (χ2v) is 9.09. The molecule has 0 spiro atoms. The second-order valence-electron chi connectivity index (χ2n) is 9.09. The molecule has 0 saturated heterocycles. The van der Waals surface area contributed by atoms with Gasteiger partial charge in [0.25, 0.3) is 5.65 Å². The molecular weight excluding hydrogens is 388 g/mol. The van der Waals surface area contributed by atoms with Crippen molar-refractivity contribution < 1.29 is 4.68 Å². The molecular formula is C23H23N8+. The van der Waals surface area contributed by atoms with Crippen molar-refractivity contribution in [2.45, 2.75) is 20.8 Å². The van der Waals surface area contributed by atoms with Gasteiger partial charge in [0, 0.05) is 28.8 Å². The third kappa shape index (κ3) is 2.27. The zero-order valence-corrected chi connectivity index (χ0v) is 18.2. The lowest BCUT2D eigenvalue weighted by Gasteiger charge is -2.21. The minimum Gasteiger partial charge on any atom is -0.230 e. The molecule has 6 rings (SSSR count). The fourth-order valence-corrected chi connectivity index (χ4v) is 4.82. The molecule has 0 unspecified atom stereocenters. The fourth-order valence-electron chi connectivity index (χ4n) is 4.82. The largest absolute Gasteiger partial charge is 0.295 e. The van der Waals surface area contributed by atoms with Gasteiger partial charge in [-0.25, -0.2) is 4.68 Å². The van der Waals surface area contributed by atoms with E-state index in [9.17, 15) is 0 Å². The molecule has 6 aromatic rings. The molecule has 0 amide bonds. The predicted octanol–water partition coefficient (Wildman–Crippen LogP) is 2.21. The predicted molar refractivity (Wildman–Crippen MR) is 118 cm³/mol. The summed E-state index contributed by atoms with van der Waals surface area (Å²) in [5.41, 5.74) is 3.94. The van der Waals surface area contributed by atoms with Crippen molar-refractivity contribution in [2.24, 2.45) is 19.5 Å². The molecule has 2 aromatic carbocycles. The van der Waals surface area contributed by atoms with E-state index in [-0.39, 0.29) is 5.41 Å². The Labute approximate surface area is 177 Å². The molecule has 0 fully saturated rings. The third-order valence-electron chi connectivity index (χ3n) is 6.03. The van der Waals surface area contributed by atoms with E-state index in [1.165, 1.54) is 0 Å². The molecule has 31 heavy (non-hydrogen) atoms. The molecule has 0 radical (unpaired) electrons. The van der Waals surface area contributed by atoms with E-state index >= 15 is 0 Å². The monoisotopic (exact) mass is 411 g/mol. The lowest BCUT2D eigenvalue weighted by molar-refractivity contribution is -0.706. The summed E-state index contributed by atoms with van der Waals surface area (Å²) in [6, 6.07) is 16.9. The molecule has 0 N–H and O–H groups in total. The maximum Gasteiger partial charge on any atom is 0.295 e. The summed E-state index contributed by atoms with van der Waals surface area (Å²) in [6.45, 7) is 6.70. The number of aryl methyl sites for hydroxylation is 2. The van der Waals surface area contributed by atoms with E-state index in [2.05, 4.69) is 90.2 Å². The minimum absolute atomic E-state index is 0.205. The summed E-state index contributed by atoms with van der Waals surface area (Å²) >= 11 is 0. The van der Waals surface area contributed by atoms with Crippen molar-refractivity contribution >= 4 is 38.4 Å². The first-order valence-corrected chi connectivity index (χ1v) is 10.3. The van der Waals surface area contributed by atoms with E-state index < -0.39 is 0 Å². The number of nitrogens with zero attached hydrogens (tertiary/aromatic N) is 8. The zero-order valence-electron chi connectivity index (χ0n) is 18.2. The quantitative estimate of drug-likeness (QED) is 0.389. The number of aromatic nitrogens is 8. The molecule has 0 aliphatic rings. The molecule has 0 bridgehead atoms. The van der Waals surface area contributed by atoms with Gasteiger partial charge in [-0.1, -0.05) is 63.2 Å². The molecule has 0 aliphatic heterocycles. The van der Waals surface area contributed by atoms with Crippen LogP contribution >= 0.6 is 0 Å². The highest BCUT2D eigenvalue weighted by Crippen LogP contribution is 2.38. The van der Waals surface area contributed by atoms with Gasteiger partial charge in [-0.2, -0.15) is 4.52 Å². The van der Waals surface area contributed by atoms with Crippen molar-refractivity contribution in [1.29, 1.82) is 0 Å². The number of rotatable bonds is 1. The average Bonchev–Trinajstić information content (AvgIpc) is 3.45. The van der Waals surface area contributed by atoms with Gasteiger partial charge in [0.15, 0.2) is 16.2 Å². The third-order valence-corrected chi connectivity index (χ3v) is 6.03. The van der Waals surface area contributed by atoms with Gasteiger partial charge < -0.3 is 0 Å². The number of hydrogen-bond acceptors (Lipinski definition) is 4. The number of hydrogen-bond donors (Lipinski definition) is 0. The van der Waals surface area contributed by atoms with Crippen LogP contribution in [0.25, 0.3) is 38.4 Å². The fraction of sp³-hybridized carbons (Fsp3) is 0.261. The smallest absolute Gasteiger partial charge is 0.230 e. The summed E-state index contributed by atoms with van der Waals surface area (Å²) in [4.78, 5) is 0. The van der Waals surface area contributed by atoms with Crippen LogP contribution in [0.1, 0.15) is 26.5 Å². The first kappa shape index (κ1) is 18.0. The number of benzene rings is 2. The van der Waals surface area contributed by atoms with Gasteiger partial charge in [0.2, 0.25) is 0 Å². The van der Waals surface area contributed by atoms with Crippen LogP contribution in [0.2, 0.25) is 0 Å². The topological polar surface area (TPSA) is 69.2 Å². The summed E-state index contributed by atoms with van der Waals surface area (Å²) in [7, 11) is 3.87. The zero-order chi connectivity index (χ0) is 21.5. The SMILES string of the molecule is Cn1nnn2c(/C(=c3/c4ccccc4c4n3nn[n+]4C)C(C)(C)C)c3ccccc3c12. The van der Waals surface area contributed by atoms with E-state index in [0.29, 0.717) is 0 Å². The van der Waals surface area contributed by atoms with Crippen LogP contribution in [-0.4, -0.2) is 34.6 Å². The van der Waals surface area contributed by atoms with Crippen LogP contribution in [0.15, 0.2) is 48.5 Å². The van der Waals surface area contributed by atoms with Crippen molar-refractivity contribution in [3.05, 3.63) is 59.6 Å². The first-order chi connectivity index (χ1) is 14.9. The Morgan fingerprint density at radius 3 is 2.16 bits per heavy atom. The highest BCUT2D eigenvalue weighted by Gasteiger charge is 2.32. The summed E-state index contributed by atoms with van der Waals surface area (Å²) in [5, 5.41) is 23.3. The van der Waals surface area contributed by atoms with Gasteiger partial charge in [0.1, 0.15) is 5.21 Å². The Morgan fingerprint density at radius 1 is 0.806 bits per heavy atom. The highest BCUT2D eigenvalue weighted by molar-refractivity contribution is 6.04. The first-order valence-electron chi connectivity index (χ1n) is 10.3. The molecule has 0 atom stereocenters. The van der Waals surface area contributed by atoms with Crippen molar-refractivity contribution in [3.8, 4) is 0 Å². The average molecular weight is 411 g/mol. The molecule has 8 heteroatoms. The molecule has 0 saturated carbocycles. The molecule has 154 valence electrons. The van der Waals surface area contributed by atoms with E-state index in [4.69, 9.17) is 0 Å². The van der Waals surface area contributed by atoms with E-state index in [1.54, 1.807) is 0 Å². The Bertz CT molecular complexity index is 1690. The van der Waals surface area contributed by atoms with Crippen molar-refractivity contribution in [3.63, 3.8) is 0 Å². The van der Waals surface area contributed by atoms with Crippen LogP contribution in [0.4, 0.5) is 0 Å². The van der Waals surface area contributed by atoms with Gasteiger partial charge in [-0.05, 0) is 26.4 Å². The van der Waals surface area contributed by atoms with Crippen LogP contribution in [0.5, 0.6) is 0 Å². The second kappa shape index (κ2) is 5.87. The van der Waals surface area contributed by atoms with Gasteiger partial charge in [-0.15, -0.1) is 4.68 Å². The van der Waals surface area contributed by atoms with Crippen LogP contribution in [-0.2, 0) is 14.1 Å². The lowest BCUT2D eigenvalue weighted by atomic mass is 9.82. The van der Waals surface area contributed by atoms with E-state index in [1.807, 2.05) is 32.5 Å². The summed E-state index contributed by atoms with van der Waals surface area (Å²) < 4.78 is 7.60. The summed E-state index contributed by atoms with van der Waals surface area (Å²) in [5.74, 6) is 0. The van der Waals surface area contributed by atoms with Crippen LogP contribution in [0.3, 0.4) is 0 Å².